The Morgan fingerprint density at radius 3 is 2.10 bits per heavy atom. The van der Waals surface area contributed by atoms with E-state index in [0.29, 0.717) is 21.5 Å². The van der Waals surface area contributed by atoms with Crippen molar-refractivity contribution in [3.8, 4) is 5.75 Å². The number of nitrogens with one attached hydrogen (secondary N) is 1. The van der Waals surface area contributed by atoms with Crippen molar-refractivity contribution in [2.45, 2.75) is 12.1 Å². The van der Waals surface area contributed by atoms with Crippen LogP contribution < -0.4 is 15.0 Å². The van der Waals surface area contributed by atoms with Gasteiger partial charge in [0.2, 0.25) is 0 Å². The molecule has 4 rings (SSSR count). The molecule has 1 heterocycles. The second kappa shape index (κ2) is 8.45. The van der Waals surface area contributed by atoms with Crippen LogP contribution in [0.25, 0.3) is 0 Å². The lowest BCUT2D eigenvalue weighted by Crippen LogP contribution is -2.29. The zero-order valence-corrected chi connectivity index (χ0v) is 17.8. The monoisotopic (exact) mass is 457 g/mol. The number of nitrogens with zero attached hydrogens (tertiary/aromatic N) is 2. The normalized spacial score (nSPS) is 18.0. The van der Waals surface area contributed by atoms with Gasteiger partial charge in [-0.25, -0.2) is 4.79 Å². The van der Waals surface area contributed by atoms with Gasteiger partial charge in [0.05, 0.1) is 24.1 Å². The number of non-ortho nitro benzene ring substituents is 1. The number of hydrogen-bond donors (Lipinski definition) is 1. The van der Waals surface area contributed by atoms with Crippen molar-refractivity contribution in [1.82, 2.24) is 5.32 Å². The van der Waals surface area contributed by atoms with E-state index in [-0.39, 0.29) is 11.7 Å². The second-order valence-electron chi connectivity index (χ2n) is 6.99. The van der Waals surface area contributed by atoms with Gasteiger partial charge in [0.1, 0.15) is 5.75 Å². The summed E-state index contributed by atoms with van der Waals surface area (Å²) in [6.07, 6.45) is 0. The van der Waals surface area contributed by atoms with E-state index in [1.807, 2.05) is 24.3 Å². The molecule has 3 aromatic carbocycles. The third-order valence-corrected chi connectivity index (χ3v) is 5.57. The minimum Gasteiger partial charge on any atom is -0.497 e. The summed E-state index contributed by atoms with van der Waals surface area (Å²) in [5, 5.41) is 14.9. The van der Waals surface area contributed by atoms with Gasteiger partial charge < -0.3 is 10.1 Å². The Morgan fingerprint density at radius 2 is 1.55 bits per heavy atom. The molecular weight excluding hydrogens is 441 g/mol. The summed E-state index contributed by atoms with van der Waals surface area (Å²) in [4.78, 5) is 25.2. The van der Waals surface area contributed by atoms with E-state index in [1.54, 1.807) is 42.3 Å². The number of urea groups is 1. The van der Waals surface area contributed by atoms with Crippen LogP contribution in [0.2, 0.25) is 10.0 Å². The topological polar surface area (TPSA) is 84.7 Å². The molecule has 158 valence electrons. The number of anilines is 1. The number of ether oxygens (including phenoxy) is 1. The lowest BCUT2D eigenvalue weighted by Gasteiger charge is -2.27. The van der Waals surface area contributed by atoms with E-state index >= 15 is 0 Å². The van der Waals surface area contributed by atoms with Gasteiger partial charge in [-0.2, -0.15) is 0 Å². The van der Waals surface area contributed by atoms with Crippen LogP contribution in [0.1, 0.15) is 23.2 Å². The Morgan fingerprint density at radius 1 is 0.968 bits per heavy atom. The van der Waals surface area contributed by atoms with Gasteiger partial charge in [0.15, 0.2) is 0 Å². The van der Waals surface area contributed by atoms with Gasteiger partial charge >= 0.3 is 6.03 Å². The number of halogens is 2. The molecule has 7 nitrogen and oxygen atoms in total. The van der Waals surface area contributed by atoms with Gasteiger partial charge in [-0.15, -0.1) is 0 Å². The molecule has 1 aliphatic rings. The highest BCUT2D eigenvalue weighted by Gasteiger charge is 2.42. The number of nitro benzene ring substituents is 1. The summed E-state index contributed by atoms with van der Waals surface area (Å²) in [6, 6.07) is 17.2. The molecule has 0 bridgehead atoms. The summed E-state index contributed by atoms with van der Waals surface area (Å²) >= 11 is 12.4. The molecule has 3 aromatic rings. The Hall–Kier alpha value is -3.29. The standard InChI is InChI=1S/C22H17Cl2N3O4/c1-31-19-8-4-13(5-9-19)20-21(14-2-6-17(7-3-14)27(29)30)26(22(28)25-20)18-11-15(23)10-16(24)12-18/h2-12,20-21H,1H3,(H,25,28)/t20-,21-/m1/s1. The van der Waals surface area contributed by atoms with Crippen LogP contribution in [0.15, 0.2) is 66.7 Å². The smallest absolute Gasteiger partial charge is 0.323 e. The molecular formula is C22H17Cl2N3O4. The molecule has 1 N–H and O–H groups in total. The first kappa shape index (κ1) is 21.0. The van der Waals surface area contributed by atoms with Crippen molar-refractivity contribution in [2.75, 3.05) is 12.0 Å². The Balaban J connectivity index is 1.82. The maximum absolute atomic E-state index is 13.1. The van der Waals surface area contributed by atoms with Crippen LogP contribution in [-0.2, 0) is 0 Å². The Bertz CT molecular complexity index is 1120. The number of nitro groups is 1. The van der Waals surface area contributed by atoms with Crippen LogP contribution in [0.4, 0.5) is 16.2 Å². The summed E-state index contributed by atoms with van der Waals surface area (Å²) in [7, 11) is 1.58. The average Bonchev–Trinajstić information content (AvgIpc) is 3.10. The molecule has 0 radical (unpaired) electrons. The summed E-state index contributed by atoms with van der Waals surface area (Å²) in [5.74, 6) is 0.693. The van der Waals surface area contributed by atoms with E-state index in [9.17, 15) is 14.9 Å². The molecule has 0 aliphatic carbocycles. The van der Waals surface area contributed by atoms with Crippen LogP contribution in [0, 0.1) is 10.1 Å². The summed E-state index contributed by atoms with van der Waals surface area (Å²) < 4.78 is 5.23. The summed E-state index contributed by atoms with van der Waals surface area (Å²) in [6.45, 7) is 0. The SMILES string of the molecule is COc1ccc([C@H]2NC(=O)N(c3cc(Cl)cc(Cl)c3)[C@@H]2c2ccc([N+](=O)[O-])cc2)cc1. The highest BCUT2D eigenvalue weighted by Crippen LogP contribution is 2.43. The predicted octanol–water partition coefficient (Wildman–Crippen LogP) is 5.92. The highest BCUT2D eigenvalue weighted by molar-refractivity contribution is 6.35. The molecule has 9 heteroatoms. The van der Waals surface area contributed by atoms with E-state index in [1.165, 1.54) is 12.1 Å². The Kier molecular flexibility index (Phi) is 5.71. The van der Waals surface area contributed by atoms with Gasteiger partial charge in [-0.3, -0.25) is 15.0 Å². The number of methoxy groups -OCH3 is 1. The highest BCUT2D eigenvalue weighted by atomic mass is 35.5. The number of carbonyl (C=O) groups is 1. The lowest BCUT2D eigenvalue weighted by atomic mass is 9.93. The molecule has 0 spiro atoms. The van der Waals surface area contributed by atoms with E-state index < -0.39 is 17.0 Å². The van der Waals surface area contributed by atoms with Crippen molar-refractivity contribution < 1.29 is 14.5 Å². The number of carbonyl (C=O) groups excluding carboxylic acids is 1. The maximum atomic E-state index is 13.1. The van der Waals surface area contributed by atoms with Crippen molar-refractivity contribution in [1.29, 1.82) is 0 Å². The summed E-state index contributed by atoms with van der Waals surface area (Å²) in [5.41, 5.74) is 2.07. The van der Waals surface area contributed by atoms with Gasteiger partial charge in [0, 0.05) is 27.9 Å². The number of benzene rings is 3. The van der Waals surface area contributed by atoms with Gasteiger partial charge in [-0.05, 0) is 41.5 Å². The quantitative estimate of drug-likeness (QED) is 0.380. The molecule has 1 fully saturated rings. The number of amides is 2. The zero-order valence-electron chi connectivity index (χ0n) is 16.3. The lowest BCUT2D eigenvalue weighted by molar-refractivity contribution is -0.384. The van der Waals surface area contributed by atoms with Crippen molar-refractivity contribution in [2.24, 2.45) is 0 Å². The molecule has 2 amide bonds. The minimum atomic E-state index is -0.490. The first-order valence-corrected chi connectivity index (χ1v) is 10.1. The zero-order chi connectivity index (χ0) is 22.1. The van der Waals surface area contributed by atoms with Crippen LogP contribution in [0.3, 0.4) is 0 Å². The minimum absolute atomic E-state index is 0.0284. The fourth-order valence-electron chi connectivity index (χ4n) is 3.72. The fourth-order valence-corrected chi connectivity index (χ4v) is 4.24. The molecule has 2 atom stereocenters. The maximum Gasteiger partial charge on any atom is 0.323 e. The van der Waals surface area contributed by atoms with Crippen molar-refractivity contribution in [3.63, 3.8) is 0 Å². The molecule has 0 saturated carbocycles. The third-order valence-electron chi connectivity index (χ3n) is 5.14. The third kappa shape index (κ3) is 4.15. The van der Waals surface area contributed by atoms with Crippen LogP contribution >= 0.6 is 23.2 Å². The molecule has 0 aromatic heterocycles. The first-order chi connectivity index (χ1) is 14.9. The molecule has 0 unspecified atom stereocenters. The van der Waals surface area contributed by atoms with Crippen molar-refractivity contribution >= 4 is 40.6 Å². The number of hydrogen-bond acceptors (Lipinski definition) is 4. The van der Waals surface area contributed by atoms with Gasteiger partial charge in [-0.1, -0.05) is 47.5 Å². The van der Waals surface area contributed by atoms with Gasteiger partial charge in [0.25, 0.3) is 5.69 Å². The van der Waals surface area contributed by atoms with E-state index in [2.05, 4.69) is 5.32 Å². The average molecular weight is 458 g/mol. The van der Waals surface area contributed by atoms with Crippen LogP contribution in [0.5, 0.6) is 5.75 Å². The second-order valence-corrected chi connectivity index (χ2v) is 7.86. The fraction of sp³-hybridized carbons (Fsp3) is 0.136. The molecule has 31 heavy (non-hydrogen) atoms. The largest absolute Gasteiger partial charge is 0.497 e. The predicted molar refractivity (Wildman–Crippen MR) is 119 cm³/mol. The first-order valence-electron chi connectivity index (χ1n) is 9.31. The molecule has 1 saturated heterocycles. The van der Waals surface area contributed by atoms with Crippen LogP contribution in [-0.4, -0.2) is 18.1 Å². The van der Waals surface area contributed by atoms with E-state index in [0.717, 1.165) is 11.1 Å². The Labute approximate surface area is 188 Å². The van der Waals surface area contributed by atoms with Crippen molar-refractivity contribution in [3.05, 3.63) is 98.0 Å². The molecule has 1 aliphatic heterocycles. The number of rotatable bonds is 5. The van der Waals surface area contributed by atoms with E-state index in [4.69, 9.17) is 27.9 Å².